The molecule has 0 bridgehead atoms. The van der Waals surface area contributed by atoms with Crippen molar-refractivity contribution in [2.75, 3.05) is 13.7 Å². The Morgan fingerprint density at radius 3 is 2.68 bits per heavy atom. The third-order valence-corrected chi connectivity index (χ3v) is 4.36. The summed E-state index contributed by atoms with van der Waals surface area (Å²) in [5.41, 5.74) is 4.65. The molecule has 0 unspecified atom stereocenters. The SMILES string of the molecule is CCOC=Nc1nc2c(c(-c3ccc(OC)cc3)c1C#N)CCCC2. The summed E-state index contributed by atoms with van der Waals surface area (Å²) >= 11 is 0. The normalized spacial score (nSPS) is 13.3. The van der Waals surface area contributed by atoms with Crippen molar-refractivity contribution in [2.45, 2.75) is 32.6 Å². The number of hydrogen-bond acceptors (Lipinski definition) is 5. The molecule has 0 N–H and O–H groups in total. The molecule has 5 heteroatoms. The minimum atomic E-state index is 0.433. The zero-order valence-electron chi connectivity index (χ0n) is 14.6. The maximum Gasteiger partial charge on any atom is 0.176 e. The van der Waals surface area contributed by atoms with Crippen molar-refractivity contribution >= 4 is 12.2 Å². The molecule has 25 heavy (non-hydrogen) atoms. The molecule has 0 aliphatic heterocycles. The predicted molar refractivity (Wildman–Crippen MR) is 97.4 cm³/mol. The second-order valence-electron chi connectivity index (χ2n) is 5.85. The van der Waals surface area contributed by atoms with Crippen LogP contribution in [0.2, 0.25) is 0 Å². The first-order valence-electron chi connectivity index (χ1n) is 8.52. The van der Waals surface area contributed by atoms with Crippen LogP contribution in [-0.2, 0) is 17.6 Å². The third-order valence-electron chi connectivity index (χ3n) is 4.36. The fraction of sp³-hybridized carbons (Fsp3) is 0.350. The van der Waals surface area contributed by atoms with Gasteiger partial charge in [0.15, 0.2) is 12.2 Å². The number of pyridine rings is 1. The minimum absolute atomic E-state index is 0.433. The summed E-state index contributed by atoms with van der Waals surface area (Å²) < 4.78 is 10.4. The van der Waals surface area contributed by atoms with Gasteiger partial charge in [-0.3, -0.25) is 0 Å². The molecule has 1 heterocycles. The first-order chi connectivity index (χ1) is 12.3. The molecule has 128 valence electrons. The van der Waals surface area contributed by atoms with Crippen molar-refractivity contribution in [3.8, 4) is 22.9 Å². The fourth-order valence-electron chi connectivity index (χ4n) is 3.17. The van der Waals surface area contributed by atoms with Gasteiger partial charge in [-0.2, -0.15) is 10.3 Å². The Hall–Kier alpha value is -2.87. The fourth-order valence-corrected chi connectivity index (χ4v) is 3.17. The Balaban J connectivity index is 2.19. The molecule has 1 aromatic heterocycles. The summed E-state index contributed by atoms with van der Waals surface area (Å²) in [5, 5.41) is 9.79. The number of fused-ring (bicyclic) bond motifs is 1. The molecule has 3 rings (SSSR count). The van der Waals surface area contributed by atoms with Crippen LogP contribution in [-0.4, -0.2) is 25.1 Å². The summed E-state index contributed by atoms with van der Waals surface area (Å²) in [4.78, 5) is 8.94. The van der Waals surface area contributed by atoms with Gasteiger partial charge < -0.3 is 9.47 Å². The van der Waals surface area contributed by atoms with E-state index in [4.69, 9.17) is 9.47 Å². The molecule has 0 amide bonds. The minimum Gasteiger partial charge on any atom is -0.497 e. The molecule has 1 aromatic carbocycles. The van der Waals surface area contributed by atoms with Gasteiger partial charge in [0.25, 0.3) is 0 Å². The monoisotopic (exact) mass is 335 g/mol. The molecule has 1 aliphatic rings. The molecule has 5 nitrogen and oxygen atoms in total. The number of nitriles is 1. The summed E-state index contributed by atoms with van der Waals surface area (Å²) in [6.45, 7) is 2.42. The molecule has 0 fully saturated rings. The summed E-state index contributed by atoms with van der Waals surface area (Å²) in [6.07, 6.45) is 5.46. The highest BCUT2D eigenvalue weighted by molar-refractivity contribution is 5.80. The van der Waals surface area contributed by atoms with E-state index in [1.165, 1.54) is 12.0 Å². The molecule has 2 aromatic rings. The van der Waals surface area contributed by atoms with E-state index in [0.717, 1.165) is 48.3 Å². The average Bonchev–Trinajstić information content (AvgIpc) is 2.67. The topological polar surface area (TPSA) is 67.5 Å². The molecule has 0 saturated carbocycles. The van der Waals surface area contributed by atoms with Gasteiger partial charge in [0, 0.05) is 11.3 Å². The van der Waals surface area contributed by atoms with E-state index in [1.54, 1.807) is 7.11 Å². The van der Waals surface area contributed by atoms with Gasteiger partial charge in [-0.1, -0.05) is 12.1 Å². The number of ether oxygens (including phenoxy) is 2. The van der Waals surface area contributed by atoms with E-state index in [9.17, 15) is 5.26 Å². The van der Waals surface area contributed by atoms with Crippen LogP contribution >= 0.6 is 0 Å². The Morgan fingerprint density at radius 1 is 1.24 bits per heavy atom. The Labute approximate surface area is 148 Å². The van der Waals surface area contributed by atoms with Gasteiger partial charge in [0.1, 0.15) is 17.4 Å². The molecule has 1 aliphatic carbocycles. The van der Waals surface area contributed by atoms with Crippen LogP contribution in [0.3, 0.4) is 0 Å². The number of benzene rings is 1. The molecule has 0 saturated heterocycles. The van der Waals surface area contributed by atoms with Gasteiger partial charge in [-0.05, 0) is 55.9 Å². The number of aromatic nitrogens is 1. The Bertz CT molecular complexity index is 820. The van der Waals surface area contributed by atoms with E-state index in [0.29, 0.717) is 18.0 Å². The zero-order chi connectivity index (χ0) is 17.6. The number of methoxy groups -OCH3 is 1. The van der Waals surface area contributed by atoms with E-state index in [1.807, 2.05) is 31.2 Å². The van der Waals surface area contributed by atoms with Crippen LogP contribution in [0.15, 0.2) is 29.3 Å². The molecule has 0 spiro atoms. The van der Waals surface area contributed by atoms with Crippen LogP contribution in [0.5, 0.6) is 5.75 Å². The van der Waals surface area contributed by atoms with Crippen LogP contribution in [0.4, 0.5) is 5.82 Å². The molecular weight excluding hydrogens is 314 g/mol. The van der Waals surface area contributed by atoms with E-state index in [2.05, 4.69) is 16.0 Å². The lowest BCUT2D eigenvalue weighted by Gasteiger charge is -2.21. The smallest absolute Gasteiger partial charge is 0.176 e. The molecule has 0 radical (unpaired) electrons. The predicted octanol–water partition coefficient (Wildman–Crippen LogP) is 4.20. The quantitative estimate of drug-likeness (QED) is 0.606. The maximum absolute atomic E-state index is 9.79. The maximum atomic E-state index is 9.79. The highest BCUT2D eigenvalue weighted by atomic mass is 16.5. The van der Waals surface area contributed by atoms with Gasteiger partial charge in [-0.25, -0.2) is 4.98 Å². The molecule has 0 atom stereocenters. The van der Waals surface area contributed by atoms with Crippen molar-refractivity contribution in [2.24, 2.45) is 4.99 Å². The highest BCUT2D eigenvalue weighted by Gasteiger charge is 2.22. The summed E-state index contributed by atoms with van der Waals surface area (Å²) in [5.74, 6) is 1.22. The van der Waals surface area contributed by atoms with Gasteiger partial charge in [-0.15, -0.1) is 0 Å². The average molecular weight is 335 g/mol. The van der Waals surface area contributed by atoms with Gasteiger partial charge >= 0.3 is 0 Å². The number of aryl methyl sites for hydroxylation is 1. The van der Waals surface area contributed by atoms with Crippen molar-refractivity contribution in [3.63, 3.8) is 0 Å². The van der Waals surface area contributed by atoms with Gasteiger partial charge in [0.05, 0.1) is 13.7 Å². The largest absolute Gasteiger partial charge is 0.497 e. The number of rotatable bonds is 5. The van der Waals surface area contributed by atoms with Crippen LogP contribution < -0.4 is 4.74 Å². The number of hydrogen-bond donors (Lipinski definition) is 0. The first-order valence-corrected chi connectivity index (χ1v) is 8.52. The second kappa shape index (κ2) is 7.80. The van der Waals surface area contributed by atoms with E-state index >= 15 is 0 Å². The highest BCUT2D eigenvalue weighted by Crippen LogP contribution is 2.38. The first kappa shape index (κ1) is 17.0. The van der Waals surface area contributed by atoms with Crippen LogP contribution in [0.1, 0.15) is 36.6 Å². The zero-order valence-corrected chi connectivity index (χ0v) is 14.6. The lowest BCUT2D eigenvalue weighted by Crippen LogP contribution is -2.09. The van der Waals surface area contributed by atoms with Crippen LogP contribution in [0, 0.1) is 11.3 Å². The van der Waals surface area contributed by atoms with E-state index < -0.39 is 0 Å². The second-order valence-corrected chi connectivity index (χ2v) is 5.85. The Morgan fingerprint density at radius 2 is 2.00 bits per heavy atom. The lowest BCUT2D eigenvalue weighted by molar-refractivity contribution is 0.344. The Kier molecular flexibility index (Phi) is 5.30. The summed E-state index contributed by atoms with van der Waals surface area (Å²) in [6, 6.07) is 10.1. The lowest BCUT2D eigenvalue weighted by atomic mass is 9.86. The number of nitrogens with zero attached hydrogens (tertiary/aromatic N) is 3. The van der Waals surface area contributed by atoms with Gasteiger partial charge in [0.2, 0.25) is 0 Å². The van der Waals surface area contributed by atoms with Crippen LogP contribution in [0.25, 0.3) is 11.1 Å². The van der Waals surface area contributed by atoms with E-state index in [-0.39, 0.29) is 0 Å². The van der Waals surface area contributed by atoms with Crippen molar-refractivity contribution in [1.29, 1.82) is 5.26 Å². The number of aliphatic imine (C=N–C) groups is 1. The third kappa shape index (κ3) is 3.48. The van der Waals surface area contributed by atoms with Crippen molar-refractivity contribution in [3.05, 3.63) is 41.1 Å². The molecular formula is C20H21N3O2. The standard InChI is InChI=1S/C20H21N3O2/c1-3-25-13-22-20-17(12-21)19(14-8-10-15(24-2)11-9-14)16-6-4-5-7-18(16)23-20/h8-11,13H,3-7H2,1-2H3. The van der Waals surface area contributed by atoms with Crippen molar-refractivity contribution < 1.29 is 9.47 Å². The summed E-state index contributed by atoms with van der Waals surface area (Å²) in [7, 11) is 1.64. The van der Waals surface area contributed by atoms with Crippen molar-refractivity contribution in [1.82, 2.24) is 4.98 Å².